The maximum Gasteiger partial charge on any atom is 0.225 e. The van der Waals surface area contributed by atoms with Crippen molar-refractivity contribution >= 4 is 18.3 Å². The largest absolute Gasteiger partial charge is 0.492 e. The first-order valence-corrected chi connectivity index (χ1v) is 6.73. The summed E-state index contributed by atoms with van der Waals surface area (Å²) in [6, 6.07) is 7.84. The van der Waals surface area contributed by atoms with E-state index in [9.17, 15) is 4.79 Å². The van der Waals surface area contributed by atoms with Gasteiger partial charge >= 0.3 is 0 Å². The zero-order valence-corrected chi connectivity index (χ0v) is 13.7. The highest BCUT2D eigenvalue weighted by molar-refractivity contribution is 5.85. The van der Waals surface area contributed by atoms with E-state index in [2.05, 4.69) is 0 Å². The molecule has 0 heterocycles. The Bertz CT molecular complexity index is 408. The van der Waals surface area contributed by atoms with Crippen molar-refractivity contribution in [1.29, 1.82) is 0 Å². The van der Waals surface area contributed by atoms with E-state index in [1.54, 1.807) is 19.1 Å². The Hall–Kier alpha value is -1.30. The van der Waals surface area contributed by atoms with Crippen LogP contribution in [0.5, 0.6) is 5.75 Å². The van der Waals surface area contributed by atoms with Gasteiger partial charge in [0.1, 0.15) is 12.4 Å². The van der Waals surface area contributed by atoms with Gasteiger partial charge < -0.3 is 20.1 Å². The predicted octanol–water partition coefficient (Wildman–Crippen LogP) is 1.62. The molecule has 0 fully saturated rings. The second-order valence-electron chi connectivity index (χ2n) is 4.77. The molecule has 0 aliphatic carbocycles. The molecule has 0 aromatic heterocycles. The number of hydrogen-bond donors (Lipinski definition) is 1. The van der Waals surface area contributed by atoms with Crippen LogP contribution in [-0.2, 0) is 9.53 Å². The highest BCUT2D eigenvalue weighted by Crippen LogP contribution is 2.11. The van der Waals surface area contributed by atoms with Crippen LogP contribution < -0.4 is 10.5 Å². The van der Waals surface area contributed by atoms with Gasteiger partial charge in [-0.15, -0.1) is 12.4 Å². The summed E-state index contributed by atoms with van der Waals surface area (Å²) in [6.45, 7) is 3.37. The highest BCUT2D eigenvalue weighted by Gasteiger charge is 2.15. The summed E-state index contributed by atoms with van der Waals surface area (Å²) in [6.07, 6.45) is 0.0802. The normalized spacial score (nSPS) is 11.4. The predicted molar refractivity (Wildman–Crippen MR) is 86.0 cm³/mol. The SMILES string of the molecule is COC(CN)CC(=O)N(C)CCOc1ccc(C)cc1.Cl. The quantitative estimate of drug-likeness (QED) is 0.791. The molecule has 6 heteroatoms. The van der Waals surface area contributed by atoms with Crippen molar-refractivity contribution in [2.75, 3.05) is 33.9 Å². The number of amides is 1. The molecule has 1 aromatic carbocycles. The minimum Gasteiger partial charge on any atom is -0.492 e. The molecule has 1 atom stereocenters. The minimum atomic E-state index is -0.219. The number of likely N-dealkylation sites (N-methyl/N-ethyl adjacent to an activating group) is 1. The van der Waals surface area contributed by atoms with E-state index in [-0.39, 0.29) is 24.4 Å². The van der Waals surface area contributed by atoms with Crippen molar-refractivity contribution in [3.63, 3.8) is 0 Å². The van der Waals surface area contributed by atoms with E-state index in [0.29, 0.717) is 26.1 Å². The maximum atomic E-state index is 11.9. The molecule has 0 saturated heterocycles. The summed E-state index contributed by atoms with van der Waals surface area (Å²) in [5.41, 5.74) is 6.69. The fourth-order valence-corrected chi connectivity index (χ4v) is 1.67. The second-order valence-corrected chi connectivity index (χ2v) is 4.77. The van der Waals surface area contributed by atoms with Crippen molar-refractivity contribution in [3.05, 3.63) is 29.8 Å². The summed E-state index contributed by atoms with van der Waals surface area (Å²) >= 11 is 0. The van der Waals surface area contributed by atoms with Crippen LogP contribution >= 0.6 is 12.4 Å². The Morgan fingerprint density at radius 1 is 1.33 bits per heavy atom. The summed E-state index contributed by atoms with van der Waals surface area (Å²) in [5, 5.41) is 0. The molecule has 0 aliphatic rings. The molecule has 5 nitrogen and oxygen atoms in total. The van der Waals surface area contributed by atoms with Gasteiger partial charge in [-0.05, 0) is 19.1 Å². The second kappa shape index (κ2) is 10.4. The molecule has 0 bridgehead atoms. The number of nitrogens with zero attached hydrogens (tertiary/aromatic N) is 1. The van der Waals surface area contributed by atoms with E-state index >= 15 is 0 Å². The lowest BCUT2D eigenvalue weighted by Gasteiger charge is -2.20. The number of carbonyl (C=O) groups excluding carboxylic acids is 1. The molecule has 0 spiro atoms. The standard InChI is InChI=1S/C15H24N2O3.ClH/c1-12-4-6-13(7-5-12)20-9-8-17(2)15(18)10-14(11-16)19-3;/h4-7,14H,8-11,16H2,1-3H3;1H. The number of rotatable bonds is 8. The van der Waals surface area contributed by atoms with E-state index in [1.807, 2.05) is 31.2 Å². The van der Waals surface area contributed by atoms with Crippen molar-refractivity contribution in [2.24, 2.45) is 5.73 Å². The number of carbonyl (C=O) groups is 1. The Kier molecular flexibility index (Phi) is 9.78. The van der Waals surface area contributed by atoms with Gasteiger partial charge in [0.15, 0.2) is 0 Å². The molecular weight excluding hydrogens is 292 g/mol. The Morgan fingerprint density at radius 2 is 1.95 bits per heavy atom. The van der Waals surface area contributed by atoms with Crippen molar-refractivity contribution < 1.29 is 14.3 Å². The number of nitrogens with two attached hydrogens (primary N) is 1. The molecule has 120 valence electrons. The Labute approximate surface area is 132 Å². The summed E-state index contributed by atoms with van der Waals surface area (Å²) < 4.78 is 10.7. The van der Waals surface area contributed by atoms with Crippen molar-refractivity contribution in [2.45, 2.75) is 19.4 Å². The maximum absolute atomic E-state index is 11.9. The first-order chi connectivity index (χ1) is 9.56. The number of halogens is 1. The average molecular weight is 317 g/mol. The molecule has 1 amide bonds. The Morgan fingerprint density at radius 3 is 2.48 bits per heavy atom. The third-order valence-electron chi connectivity index (χ3n) is 3.14. The molecule has 0 saturated carbocycles. The molecular formula is C15H25ClN2O3. The van der Waals surface area contributed by atoms with Gasteiger partial charge in [0.2, 0.25) is 5.91 Å². The summed E-state index contributed by atoms with van der Waals surface area (Å²) in [4.78, 5) is 13.5. The third-order valence-corrected chi connectivity index (χ3v) is 3.14. The number of methoxy groups -OCH3 is 1. The van der Waals surface area contributed by atoms with Crippen LogP contribution in [0.4, 0.5) is 0 Å². The van der Waals surface area contributed by atoms with Gasteiger partial charge in [0.25, 0.3) is 0 Å². The smallest absolute Gasteiger partial charge is 0.225 e. The van der Waals surface area contributed by atoms with E-state index in [0.717, 1.165) is 5.75 Å². The lowest BCUT2D eigenvalue weighted by atomic mass is 10.2. The van der Waals surface area contributed by atoms with Gasteiger partial charge in [-0.3, -0.25) is 4.79 Å². The topological polar surface area (TPSA) is 64.8 Å². The van der Waals surface area contributed by atoms with Gasteiger partial charge in [0.05, 0.1) is 19.1 Å². The molecule has 21 heavy (non-hydrogen) atoms. The molecule has 1 aromatic rings. The number of hydrogen-bond acceptors (Lipinski definition) is 4. The zero-order valence-electron chi connectivity index (χ0n) is 12.9. The fraction of sp³-hybridized carbons (Fsp3) is 0.533. The first kappa shape index (κ1) is 19.7. The van der Waals surface area contributed by atoms with Crippen molar-refractivity contribution in [3.8, 4) is 5.75 Å². The fourth-order valence-electron chi connectivity index (χ4n) is 1.67. The molecule has 1 unspecified atom stereocenters. The van der Waals surface area contributed by atoms with Crippen LogP contribution in [0, 0.1) is 6.92 Å². The summed E-state index contributed by atoms with van der Waals surface area (Å²) in [5.74, 6) is 0.822. The zero-order chi connectivity index (χ0) is 15.0. The molecule has 0 radical (unpaired) electrons. The molecule has 2 N–H and O–H groups in total. The van der Waals surface area contributed by atoms with Gasteiger partial charge in [-0.25, -0.2) is 0 Å². The number of benzene rings is 1. The van der Waals surface area contributed by atoms with Crippen LogP contribution in [0.1, 0.15) is 12.0 Å². The summed E-state index contributed by atoms with van der Waals surface area (Å²) in [7, 11) is 3.31. The van der Waals surface area contributed by atoms with Crippen LogP contribution in [0.15, 0.2) is 24.3 Å². The third kappa shape index (κ3) is 7.32. The van der Waals surface area contributed by atoms with Gasteiger partial charge in [-0.2, -0.15) is 0 Å². The van der Waals surface area contributed by atoms with E-state index < -0.39 is 0 Å². The average Bonchev–Trinajstić information content (AvgIpc) is 2.46. The molecule has 1 rings (SSSR count). The Balaban J connectivity index is 0.00000400. The van der Waals surface area contributed by atoms with Crippen LogP contribution in [0.3, 0.4) is 0 Å². The van der Waals surface area contributed by atoms with Crippen molar-refractivity contribution in [1.82, 2.24) is 4.90 Å². The van der Waals surface area contributed by atoms with E-state index in [4.69, 9.17) is 15.2 Å². The lowest BCUT2D eigenvalue weighted by molar-refractivity contribution is -0.132. The monoisotopic (exact) mass is 316 g/mol. The van der Waals surface area contributed by atoms with Crippen LogP contribution in [0.25, 0.3) is 0 Å². The minimum absolute atomic E-state index is 0. The lowest BCUT2D eigenvalue weighted by Crippen LogP contribution is -2.35. The van der Waals surface area contributed by atoms with E-state index in [1.165, 1.54) is 5.56 Å². The number of ether oxygens (including phenoxy) is 2. The molecule has 0 aliphatic heterocycles. The van der Waals surface area contributed by atoms with Crippen LogP contribution in [0.2, 0.25) is 0 Å². The first-order valence-electron chi connectivity index (χ1n) is 6.73. The van der Waals surface area contributed by atoms with Gasteiger partial charge in [-0.1, -0.05) is 17.7 Å². The van der Waals surface area contributed by atoms with Gasteiger partial charge in [0, 0.05) is 20.7 Å². The van der Waals surface area contributed by atoms with Crippen LogP contribution in [-0.4, -0.2) is 50.8 Å². The highest BCUT2D eigenvalue weighted by atomic mass is 35.5. The number of aryl methyl sites for hydroxylation is 1.